The molecule has 0 saturated heterocycles. The molecule has 0 radical (unpaired) electrons. The Bertz CT molecular complexity index is 996. The van der Waals surface area contributed by atoms with E-state index in [1.54, 1.807) is 6.08 Å². The van der Waals surface area contributed by atoms with Crippen molar-refractivity contribution in [3.8, 4) is 11.3 Å². The minimum Gasteiger partial charge on any atom is -0.457 e. The normalized spacial score (nSPS) is 10.7. The van der Waals surface area contributed by atoms with Crippen molar-refractivity contribution in [2.24, 2.45) is 0 Å². The summed E-state index contributed by atoms with van der Waals surface area (Å²) in [7, 11) is 0. The van der Waals surface area contributed by atoms with Crippen LogP contribution in [0.2, 0.25) is 0 Å². The van der Waals surface area contributed by atoms with Gasteiger partial charge in [0, 0.05) is 20.9 Å². The number of aryl methyl sites for hydroxylation is 1. The number of amides is 1. The van der Waals surface area contributed by atoms with Gasteiger partial charge in [0.05, 0.1) is 0 Å². The summed E-state index contributed by atoms with van der Waals surface area (Å²) in [6.07, 6.45) is 3.00. The molecule has 0 fully saturated rings. The number of carbonyl (C=O) groups is 1. The molecule has 1 aromatic heterocycles. The van der Waals surface area contributed by atoms with E-state index in [4.69, 9.17) is 16.6 Å². The summed E-state index contributed by atoms with van der Waals surface area (Å²) in [4.78, 5) is 12.1. The molecule has 0 atom stereocenters. The maximum atomic E-state index is 12.1. The van der Waals surface area contributed by atoms with Crippen molar-refractivity contribution in [3.05, 3.63) is 81.6 Å². The topological polar surface area (TPSA) is 54.3 Å². The van der Waals surface area contributed by atoms with Gasteiger partial charge in [0.2, 0.25) is 5.91 Å². The number of benzene rings is 2. The predicted molar refractivity (Wildman–Crippen MR) is 121 cm³/mol. The highest BCUT2D eigenvalue weighted by atomic mass is 127. The van der Waals surface area contributed by atoms with Crippen molar-refractivity contribution in [3.63, 3.8) is 0 Å². The summed E-state index contributed by atoms with van der Waals surface area (Å²) in [5, 5.41) is 5.91. The quantitative estimate of drug-likeness (QED) is 0.294. The van der Waals surface area contributed by atoms with E-state index in [9.17, 15) is 4.79 Å². The zero-order chi connectivity index (χ0) is 19.2. The number of thiocarbonyl (C=S) groups is 1. The van der Waals surface area contributed by atoms with Gasteiger partial charge < -0.3 is 9.73 Å². The van der Waals surface area contributed by atoms with Crippen LogP contribution in [0.1, 0.15) is 11.3 Å². The molecule has 2 aromatic carbocycles. The molecule has 0 bridgehead atoms. The van der Waals surface area contributed by atoms with Gasteiger partial charge in [-0.1, -0.05) is 30.3 Å². The van der Waals surface area contributed by atoms with E-state index >= 15 is 0 Å². The summed E-state index contributed by atoms with van der Waals surface area (Å²) >= 11 is 7.45. The van der Waals surface area contributed by atoms with Crippen molar-refractivity contribution in [2.45, 2.75) is 6.92 Å². The van der Waals surface area contributed by atoms with Crippen molar-refractivity contribution in [1.29, 1.82) is 0 Å². The molecule has 0 aliphatic carbocycles. The molecule has 3 rings (SSSR count). The molecule has 4 nitrogen and oxygen atoms in total. The van der Waals surface area contributed by atoms with Crippen LogP contribution >= 0.6 is 34.8 Å². The fourth-order valence-corrected chi connectivity index (χ4v) is 3.29. The van der Waals surface area contributed by atoms with Crippen LogP contribution < -0.4 is 10.6 Å². The first kappa shape index (κ1) is 19.3. The summed E-state index contributed by atoms with van der Waals surface area (Å²) in [5.74, 6) is 1.02. The Kier molecular flexibility index (Phi) is 6.41. The Balaban J connectivity index is 1.57. The van der Waals surface area contributed by atoms with Gasteiger partial charge in [-0.25, -0.2) is 0 Å². The average molecular weight is 488 g/mol. The largest absolute Gasteiger partial charge is 0.457 e. The third-order valence-corrected chi connectivity index (χ3v) is 4.63. The number of hydrogen-bond acceptors (Lipinski definition) is 3. The van der Waals surface area contributed by atoms with Crippen molar-refractivity contribution in [1.82, 2.24) is 5.32 Å². The Morgan fingerprint density at radius 1 is 1.11 bits per heavy atom. The average Bonchev–Trinajstić information content (AvgIpc) is 3.12. The maximum Gasteiger partial charge on any atom is 0.250 e. The molecule has 1 amide bonds. The highest BCUT2D eigenvalue weighted by Gasteiger charge is 2.06. The monoisotopic (exact) mass is 488 g/mol. The second-order valence-corrected chi connectivity index (χ2v) is 7.46. The maximum absolute atomic E-state index is 12.1. The minimum absolute atomic E-state index is 0.248. The standard InChI is InChI=1S/C21H17IN2O2S/c1-14-13-16(22)7-10-18(14)23-21(27)24-20(25)12-9-17-8-11-19(26-17)15-5-3-2-4-6-15/h2-13H,1H3,(H2,23,24,25,27)/b12-9+. The molecule has 27 heavy (non-hydrogen) atoms. The van der Waals surface area contributed by atoms with Crippen LogP contribution in [0, 0.1) is 10.5 Å². The molecule has 0 aliphatic heterocycles. The number of rotatable bonds is 4. The molecule has 2 N–H and O–H groups in total. The van der Waals surface area contributed by atoms with Crippen LogP contribution in [0.25, 0.3) is 17.4 Å². The lowest BCUT2D eigenvalue weighted by Gasteiger charge is -2.10. The number of furan rings is 1. The minimum atomic E-state index is -0.326. The first-order chi connectivity index (χ1) is 13.0. The second-order valence-electron chi connectivity index (χ2n) is 5.80. The zero-order valence-corrected chi connectivity index (χ0v) is 17.5. The van der Waals surface area contributed by atoms with Crippen LogP contribution in [0.15, 0.2) is 71.2 Å². The lowest BCUT2D eigenvalue weighted by Crippen LogP contribution is -2.33. The van der Waals surface area contributed by atoms with E-state index in [0.717, 1.165) is 26.1 Å². The fraction of sp³-hybridized carbons (Fsp3) is 0.0476. The van der Waals surface area contributed by atoms with Gasteiger partial charge in [-0.2, -0.15) is 0 Å². The van der Waals surface area contributed by atoms with Crippen LogP contribution in [0.3, 0.4) is 0 Å². The first-order valence-electron chi connectivity index (χ1n) is 8.23. The van der Waals surface area contributed by atoms with Crippen molar-refractivity contribution in [2.75, 3.05) is 5.32 Å². The number of halogens is 1. The molecule has 0 aliphatic rings. The Morgan fingerprint density at radius 2 is 1.89 bits per heavy atom. The lowest BCUT2D eigenvalue weighted by atomic mass is 10.2. The lowest BCUT2D eigenvalue weighted by molar-refractivity contribution is -0.115. The molecule has 1 heterocycles. The van der Waals surface area contributed by atoms with E-state index in [0.29, 0.717) is 5.76 Å². The first-order valence-corrected chi connectivity index (χ1v) is 9.71. The molecular formula is C21H17IN2O2S. The van der Waals surface area contributed by atoms with Crippen LogP contribution in [0.5, 0.6) is 0 Å². The molecule has 0 spiro atoms. The third kappa shape index (κ3) is 5.51. The molecule has 136 valence electrons. The molecule has 3 aromatic rings. The van der Waals surface area contributed by atoms with Gasteiger partial charge in [-0.15, -0.1) is 0 Å². The Morgan fingerprint density at radius 3 is 2.63 bits per heavy atom. The van der Waals surface area contributed by atoms with E-state index in [1.165, 1.54) is 6.08 Å². The molecular weight excluding hydrogens is 471 g/mol. The number of anilines is 1. The van der Waals surface area contributed by atoms with Gasteiger partial charge in [-0.3, -0.25) is 10.1 Å². The fourth-order valence-electron chi connectivity index (χ4n) is 2.43. The highest BCUT2D eigenvalue weighted by molar-refractivity contribution is 14.1. The predicted octanol–water partition coefficient (Wildman–Crippen LogP) is 5.39. The summed E-state index contributed by atoms with van der Waals surface area (Å²) < 4.78 is 6.87. The van der Waals surface area contributed by atoms with E-state index in [1.807, 2.05) is 67.6 Å². The van der Waals surface area contributed by atoms with Gasteiger partial charge >= 0.3 is 0 Å². The summed E-state index contributed by atoms with van der Waals surface area (Å²) in [6, 6.07) is 19.4. The molecule has 0 saturated carbocycles. The van der Waals surface area contributed by atoms with Crippen LogP contribution in [0.4, 0.5) is 5.69 Å². The van der Waals surface area contributed by atoms with Gasteiger partial charge in [-0.05, 0) is 83.7 Å². The smallest absolute Gasteiger partial charge is 0.250 e. The van der Waals surface area contributed by atoms with Crippen LogP contribution in [-0.4, -0.2) is 11.0 Å². The van der Waals surface area contributed by atoms with Crippen molar-refractivity contribution < 1.29 is 9.21 Å². The third-order valence-electron chi connectivity index (χ3n) is 3.76. The SMILES string of the molecule is Cc1cc(I)ccc1NC(=S)NC(=O)/C=C/c1ccc(-c2ccccc2)o1. The van der Waals surface area contributed by atoms with E-state index in [-0.39, 0.29) is 11.0 Å². The van der Waals surface area contributed by atoms with Crippen molar-refractivity contribution >= 4 is 57.6 Å². The molecule has 6 heteroatoms. The second kappa shape index (κ2) is 8.96. The Labute approximate surface area is 176 Å². The van der Waals surface area contributed by atoms with Gasteiger partial charge in [0.15, 0.2) is 5.11 Å². The van der Waals surface area contributed by atoms with Gasteiger partial charge in [0.1, 0.15) is 11.5 Å². The zero-order valence-electron chi connectivity index (χ0n) is 14.5. The summed E-state index contributed by atoms with van der Waals surface area (Å²) in [5.41, 5.74) is 2.90. The Hall–Kier alpha value is -2.45. The highest BCUT2D eigenvalue weighted by Crippen LogP contribution is 2.22. The number of nitrogens with one attached hydrogen (secondary N) is 2. The van der Waals surface area contributed by atoms with Gasteiger partial charge in [0.25, 0.3) is 0 Å². The van der Waals surface area contributed by atoms with Crippen LogP contribution in [-0.2, 0) is 4.79 Å². The van der Waals surface area contributed by atoms with E-state index in [2.05, 4.69) is 33.2 Å². The molecule has 0 unspecified atom stereocenters. The van der Waals surface area contributed by atoms with E-state index < -0.39 is 0 Å². The summed E-state index contributed by atoms with van der Waals surface area (Å²) in [6.45, 7) is 1.98. The number of hydrogen-bond donors (Lipinski definition) is 2. The number of carbonyl (C=O) groups excluding carboxylic acids is 1.